The Hall–Kier alpha value is -0.660. The number of rotatable bonds is 4. The minimum atomic E-state index is -0.0935. The lowest BCUT2D eigenvalue weighted by atomic mass is 10.0. The molecule has 110 valence electrons. The van der Waals surface area contributed by atoms with Crippen LogP contribution in [0, 0.1) is 3.57 Å². The lowest BCUT2D eigenvalue weighted by molar-refractivity contribution is -0.121. The first-order valence-electron chi connectivity index (χ1n) is 7.08. The Morgan fingerprint density at radius 3 is 3.00 bits per heavy atom. The Bertz CT molecular complexity index is 466. The molecule has 1 aromatic rings. The predicted molar refractivity (Wildman–Crippen MR) is 90.9 cm³/mol. The maximum absolute atomic E-state index is 12.3. The zero-order valence-corrected chi connectivity index (χ0v) is 14.2. The largest absolute Gasteiger partial charge is 0.325 e. The van der Waals surface area contributed by atoms with Crippen molar-refractivity contribution in [2.24, 2.45) is 0 Å². The highest BCUT2D eigenvalue weighted by Gasteiger charge is 2.26. The van der Waals surface area contributed by atoms with Gasteiger partial charge in [-0.05, 0) is 74.1 Å². The maximum Gasteiger partial charge on any atom is 0.241 e. The minimum absolute atomic E-state index is 0.0729. The third-order valence-corrected chi connectivity index (χ3v) is 4.55. The van der Waals surface area contributed by atoms with Gasteiger partial charge in [-0.1, -0.05) is 6.07 Å². The lowest BCUT2D eigenvalue weighted by Gasteiger charge is -2.35. The Morgan fingerprint density at radius 2 is 2.30 bits per heavy atom. The van der Waals surface area contributed by atoms with Crippen LogP contribution in [0.4, 0.5) is 5.69 Å². The second kappa shape index (κ2) is 7.38. The fraction of sp³-hybridized carbons (Fsp3) is 0.533. The molecule has 1 amide bonds. The number of nitrogens with one attached hydrogen (secondary N) is 2. The van der Waals surface area contributed by atoms with Gasteiger partial charge in [-0.2, -0.15) is 0 Å². The topological polar surface area (TPSA) is 44.4 Å². The van der Waals surface area contributed by atoms with Gasteiger partial charge in [-0.3, -0.25) is 9.69 Å². The van der Waals surface area contributed by atoms with Gasteiger partial charge in [0.15, 0.2) is 0 Å². The molecule has 0 aliphatic carbocycles. The van der Waals surface area contributed by atoms with Crippen LogP contribution in [0.3, 0.4) is 0 Å². The van der Waals surface area contributed by atoms with Crippen molar-refractivity contribution in [3.63, 3.8) is 0 Å². The van der Waals surface area contributed by atoms with E-state index in [2.05, 4.69) is 38.1 Å². The van der Waals surface area contributed by atoms with Crippen LogP contribution in [0.25, 0.3) is 0 Å². The van der Waals surface area contributed by atoms with E-state index in [9.17, 15) is 4.79 Å². The first kappa shape index (κ1) is 15.7. The number of amides is 1. The second-order valence-corrected chi connectivity index (χ2v) is 6.54. The van der Waals surface area contributed by atoms with E-state index in [1.54, 1.807) is 0 Å². The van der Waals surface area contributed by atoms with Crippen LogP contribution in [0.15, 0.2) is 24.3 Å². The first-order valence-corrected chi connectivity index (χ1v) is 8.16. The molecule has 1 fully saturated rings. The number of hydrogen-bond donors (Lipinski definition) is 2. The van der Waals surface area contributed by atoms with Crippen LogP contribution in [0.1, 0.15) is 19.8 Å². The third-order valence-electron chi connectivity index (χ3n) is 3.88. The number of carbonyl (C=O) groups excluding carboxylic acids is 1. The van der Waals surface area contributed by atoms with E-state index in [0.29, 0.717) is 6.04 Å². The van der Waals surface area contributed by atoms with Crippen LogP contribution in [0.5, 0.6) is 0 Å². The van der Waals surface area contributed by atoms with E-state index in [-0.39, 0.29) is 11.9 Å². The molecule has 1 aliphatic heterocycles. The maximum atomic E-state index is 12.3. The van der Waals surface area contributed by atoms with E-state index in [1.807, 2.05) is 38.2 Å². The van der Waals surface area contributed by atoms with Crippen molar-refractivity contribution in [1.29, 1.82) is 0 Å². The molecule has 2 atom stereocenters. The highest BCUT2D eigenvalue weighted by molar-refractivity contribution is 14.1. The van der Waals surface area contributed by atoms with Crippen LogP contribution in [-0.4, -0.2) is 43.0 Å². The van der Waals surface area contributed by atoms with E-state index in [4.69, 9.17) is 0 Å². The molecule has 2 N–H and O–H groups in total. The SMILES string of the molecule is CNC1CCCN(C(C)C(=O)Nc2cccc(I)c2)C1. The summed E-state index contributed by atoms with van der Waals surface area (Å²) >= 11 is 2.25. The van der Waals surface area contributed by atoms with Crippen LogP contribution >= 0.6 is 22.6 Å². The number of likely N-dealkylation sites (tertiary alicyclic amines) is 1. The molecular weight excluding hydrogens is 365 g/mol. The summed E-state index contributed by atoms with van der Waals surface area (Å²) < 4.78 is 1.13. The lowest BCUT2D eigenvalue weighted by Crippen LogP contribution is -2.51. The molecule has 1 aromatic carbocycles. The van der Waals surface area contributed by atoms with Gasteiger partial charge in [0.2, 0.25) is 5.91 Å². The van der Waals surface area contributed by atoms with Gasteiger partial charge in [0.1, 0.15) is 0 Å². The van der Waals surface area contributed by atoms with Gasteiger partial charge >= 0.3 is 0 Å². The van der Waals surface area contributed by atoms with Crippen LogP contribution < -0.4 is 10.6 Å². The van der Waals surface area contributed by atoms with Crippen molar-refractivity contribution in [2.45, 2.75) is 31.8 Å². The zero-order valence-electron chi connectivity index (χ0n) is 12.0. The summed E-state index contributed by atoms with van der Waals surface area (Å²) in [4.78, 5) is 14.6. The average molecular weight is 387 g/mol. The average Bonchev–Trinajstić information content (AvgIpc) is 2.46. The van der Waals surface area contributed by atoms with Crippen molar-refractivity contribution in [1.82, 2.24) is 10.2 Å². The Labute approximate surface area is 134 Å². The quantitative estimate of drug-likeness (QED) is 0.780. The van der Waals surface area contributed by atoms with Gasteiger partial charge in [0.05, 0.1) is 6.04 Å². The van der Waals surface area contributed by atoms with Gasteiger partial charge in [0, 0.05) is 21.8 Å². The molecule has 0 bridgehead atoms. The number of nitrogens with zero attached hydrogens (tertiary/aromatic N) is 1. The van der Waals surface area contributed by atoms with Crippen molar-refractivity contribution in [2.75, 3.05) is 25.5 Å². The van der Waals surface area contributed by atoms with Gasteiger partial charge < -0.3 is 10.6 Å². The highest BCUT2D eigenvalue weighted by atomic mass is 127. The van der Waals surface area contributed by atoms with Crippen molar-refractivity contribution < 1.29 is 4.79 Å². The van der Waals surface area contributed by atoms with Crippen LogP contribution in [0.2, 0.25) is 0 Å². The normalized spacial score (nSPS) is 21.4. The Kier molecular flexibility index (Phi) is 5.80. The van der Waals surface area contributed by atoms with Crippen molar-refractivity contribution in [3.05, 3.63) is 27.8 Å². The van der Waals surface area contributed by atoms with Crippen LogP contribution in [-0.2, 0) is 4.79 Å². The number of anilines is 1. The molecular formula is C15H22IN3O. The number of piperidine rings is 1. The van der Waals surface area contributed by atoms with E-state index < -0.39 is 0 Å². The van der Waals surface area contributed by atoms with E-state index in [1.165, 1.54) is 6.42 Å². The number of hydrogen-bond acceptors (Lipinski definition) is 3. The molecule has 1 heterocycles. The summed E-state index contributed by atoms with van der Waals surface area (Å²) in [5, 5.41) is 6.32. The fourth-order valence-electron chi connectivity index (χ4n) is 2.57. The number of benzene rings is 1. The molecule has 4 nitrogen and oxygen atoms in total. The minimum Gasteiger partial charge on any atom is -0.325 e. The molecule has 1 saturated heterocycles. The fourth-order valence-corrected chi connectivity index (χ4v) is 3.12. The number of likely N-dealkylation sites (N-methyl/N-ethyl adjacent to an activating group) is 1. The second-order valence-electron chi connectivity index (χ2n) is 5.30. The molecule has 0 aromatic heterocycles. The molecule has 0 saturated carbocycles. The molecule has 20 heavy (non-hydrogen) atoms. The number of carbonyl (C=O) groups is 1. The summed E-state index contributed by atoms with van der Waals surface area (Å²) in [6.07, 6.45) is 2.34. The monoisotopic (exact) mass is 387 g/mol. The van der Waals surface area contributed by atoms with Crippen molar-refractivity contribution in [3.8, 4) is 0 Å². The molecule has 1 aliphatic rings. The summed E-state index contributed by atoms with van der Waals surface area (Å²) in [5.41, 5.74) is 0.871. The molecule has 0 radical (unpaired) electrons. The summed E-state index contributed by atoms with van der Waals surface area (Å²) in [5.74, 6) is 0.0729. The van der Waals surface area contributed by atoms with Crippen molar-refractivity contribution >= 4 is 34.2 Å². The summed E-state index contributed by atoms with van der Waals surface area (Å²) in [6.45, 7) is 3.93. The van der Waals surface area contributed by atoms with Gasteiger partial charge in [0.25, 0.3) is 0 Å². The van der Waals surface area contributed by atoms with Gasteiger partial charge in [-0.25, -0.2) is 0 Å². The summed E-state index contributed by atoms with van der Waals surface area (Å²) in [6, 6.07) is 8.29. The zero-order chi connectivity index (χ0) is 14.5. The third kappa shape index (κ3) is 4.17. The Morgan fingerprint density at radius 1 is 1.50 bits per heavy atom. The molecule has 2 rings (SSSR count). The molecule has 2 unspecified atom stereocenters. The standard InChI is InChI=1S/C15H22IN3O/c1-11(19-8-4-7-14(10-19)17-2)15(20)18-13-6-3-5-12(16)9-13/h3,5-6,9,11,14,17H,4,7-8,10H2,1-2H3,(H,18,20). The number of halogens is 1. The Balaban J connectivity index is 1.94. The molecule has 0 spiro atoms. The van der Waals surface area contributed by atoms with E-state index >= 15 is 0 Å². The smallest absolute Gasteiger partial charge is 0.241 e. The molecule has 5 heteroatoms. The van der Waals surface area contributed by atoms with E-state index in [0.717, 1.165) is 28.8 Å². The summed E-state index contributed by atoms with van der Waals surface area (Å²) in [7, 11) is 1.99. The first-order chi connectivity index (χ1) is 9.60. The highest BCUT2D eigenvalue weighted by Crippen LogP contribution is 2.16. The van der Waals surface area contributed by atoms with Gasteiger partial charge in [-0.15, -0.1) is 0 Å². The predicted octanol–water partition coefficient (Wildman–Crippen LogP) is 2.30.